The van der Waals surface area contributed by atoms with E-state index in [1.807, 2.05) is 0 Å². The van der Waals surface area contributed by atoms with Crippen molar-refractivity contribution in [3.8, 4) is 5.75 Å². The molecule has 1 aliphatic heterocycles. The van der Waals surface area contributed by atoms with Crippen molar-refractivity contribution in [2.24, 2.45) is 5.92 Å². The first-order chi connectivity index (χ1) is 8.75. The molecule has 2 aliphatic rings. The SMILES string of the molecule is Fc1ccc2c(c1F)OC(C1CC[CH-]CC1)CC2.[Rb+]. The third-order valence-corrected chi connectivity index (χ3v) is 4.11. The van der Waals surface area contributed by atoms with Crippen molar-refractivity contribution in [1.29, 1.82) is 0 Å². The summed E-state index contributed by atoms with van der Waals surface area (Å²) in [4.78, 5) is 0. The molecule has 0 radical (unpaired) electrons. The minimum atomic E-state index is -0.820. The van der Waals surface area contributed by atoms with E-state index in [0.29, 0.717) is 5.92 Å². The molecule has 1 aromatic carbocycles. The van der Waals surface area contributed by atoms with E-state index in [-0.39, 0.29) is 70.0 Å². The van der Waals surface area contributed by atoms with Gasteiger partial charge in [-0.15, -0.1) is 0 Å². The van der Waals surface area contributed by atoms with Gasteiger partial charge in [-0.25, -0.2) is 4.39 Å². The predicted molar refractivity (Wildman–Crippen MR) is 65.4 cm³/mol. The zero-order chi connectivity index (χ0) is 12.5. The van der Waals surface area contributed by atoms with Crippen LogP contribution in [0.2, 0.25) is 0 Å². The second-order valence-corrected chi connectivity index (χ2v) is 5.25. The Morgan fingerprint density at radius 2 is 1.84 bits per heavy atom. The molecule has 1 unspecified atom stereocenters. The van der Waals surface area contributed by atoms with Crippen LogP contribution in [0.3, 0.4) is 0 Å². The fourth-order valence-corrected chi connectivity index (χ4v) is 3.06. The summed E-state index contributed by atoms with van der Waals surface area (Å²) in [7, 11) is 0. The number of benzene rings is 1. The van der Waals surface area contributed by atoms with Gasteiger partial charge in [0.1, 0.15) is 6.10 Å². The van der Waals surface area contributed by atoms with Crippen LogP contribution in [0.4, 0.5) is 8.78 Å². The van der Waals surface area contributed by atoms with Crippen LogP contribution >= 0.6 is 0 Å². The summed E-state index contributed by atoms with van der Waals surface area (Å²) >= 11 is 0. The van der Waals surface area contributed by atoms with E-state index in [4.69, 9.17) is 4.74 Å². The number of hydrogen-bond donors (Lipinski definition) is 0. The molecule has 0 aromatic heterocycles. The first kappa shape index (κ1) is 16.1. The molecule has 1 heterocycles. The zero-order valence-electron chi connectivity index (χ0n) is 11.3. The van der Waals surface area contributed by atoms with E-state index < -0.39 is 11.6 Å². The molecular formula is C15H17F2ORb. The molecular weight excluding hydrogens is 320 g/mol. The van der Waals surface area contributed by atoms with E-state index >= 15 is 0 Å². The summed E-state index contributed by atoms with van der Waals surface area (Å²) in [6.07, 6.45) is 8.51. The van der Waals surface area contributed by atoms with Crippen LogP contribution < -0.4 is 62.9 Å². The van der Waals surface area contributed by atoms with Crippen molar-refractivity contribution < 1.29 is 71.7 Å². The smallest absolute Gasteiger partial charge is 0.487 e. The quantitative estimate of drug-likeness (QED) is 0.697. The molecule has 1 saturated carbocycles. The molecule has 1 atom stereocenters. The van der Waals surface area contributed by atoms with E-state index in [9.17, 15) is 8.78 Å². The van der Waals surface area contributed by atoms with Crippen molar-refractivity contribution in [2.75, 3.05) is 0 Å². The van der Waals surface area contributed by atoms with Crippen LogP contribution in [0.15, 0.2) is 12.1 Å². The van der Waals surface area contributed by atoms with Crippen LogP contribution in [0.1, 0.15) is 37.7 Å². The summed E-state index contributed by atoms with van der Waals surface area (Å²) in [5, 5.41) is 0. The number of rotatable bonds is 1. The standard InChI is InChI=1S/C15H17F2O.Rb/c16-12-8-6-11-7-9-13(18-15(11)14(12)17)10-4-2-1-3-5-10;/h1,6,8,10,13H,2-5,7,9H2;/q-1;+1. The number of ether oxygens (including phenoxy) is 1. The second-order valence-electron chi connectivity index (χ2n) is 5.25. The molecule has 1 aliphatic carbocycles. The number of fused-ring (bicyclic) bond motifs is 1. The Kier molecular flexibility index (Phi) is 6.00. The largest absolute Gasteiger partial charge is 1.00 e. The molecule has 4 heteroatoms. The van der Waals surface area contributed by atoms with Crippen LogP contribution in [0, 0.1) is 24.0 Å². The molecule has 0 bridgehead atoms. The van der Waals surface area contributed by atoms with Gasteiger partial charge in [-0.2, -0.15) is 17.2 Å². The zero-order valence-corrected chi connectivity index (χ0v) is 16.2. The maximum atomic E-state index is 13.7. The number of halogens is 2. The van der Waals surface area contributed by atoms with E-state index in [1.165, 1.54) is 6.07 Å². The summed E-state index contributed by atoms with van der Waals surface area (Å²) < 4.78 is 32.7. The fraction of sp³-hybridized carbons (Fsp3) is 0.533. The Morgan fingerprint density at radius 1 is 1.11 bits per heavy atom. The van der Waals surface area contributed by atoms with Gasteiger partial charge in [0.15, 0.2) is 11.6 Å². The van der Waals surface area contributed by atoms with Crippen molar-refractivity contribution in [3.63, 3.8) is 0 Å². The molecule has 0 spiro atoms. The average molecular weight is 337 g/mol. The van der Waals surface area contributed by atoms with Gasteiger partial charge in [0.05, 0.1) is 0 Å². The molecule has 1 aromatic rings. The Bertz CT molecular complexity index is 444. The molecule has 0 saturated heterocycles. The van der Waals surface area contributed by atoms with Gasteiger partial charge in [-0.05, 0) is 30.4 Å². The van der Waals surface area contributed by atoms with E-state index in [0.717, 1.165) is 44.1 Å². The summed E-state index contributed by atoms with van der Waals surface area (Å²) in [5.74, 6) is -0.988. The van der Waals surface area contributed by atoms with Gasteiger partial charge in [-0.3, -0.25) is 0 Å². The minimum Gasteiger partial charge on any atom is -0.487 e. The Labute approximate surface area is 161 Å². The first-order valence-electron chi connectivity index (χ1n) is 6.71. The fourth-order valence-electron chi connectivity index (χ4n) is 3.06. The van der Waals surface area contributed by atoms with Crippen LogP contribution in [0.25, 0.3) is 0 Å². The van der Waals surface area contributed by atoms with Crippen molar-refractivity contribution in [1.82, 2.24) is 0 Å². The molecule has 19 heavy (non-hydrogen) atoms. The third-order valence-electron chi connectivity index (χ3n) is 4.11. The van der Waals surface area contributed by atoms with E-state index in [1.54, 1.807) is 6.07 Å². The minimum absolute atomic E-state index is 0. The van der Waals surface area contributed by atoms with Crippen LogP contribution in [0.5, 0.6) is 5.75 Å². The van der Waals surface area contributed by atoms with Gasteiger partial charge >= 0.3 is 58.2 Å². The Morgan fingerprint density at radius 3 is 2.58 bits per heavy atom. The van der Waals surface area contributed by atoms with Crippen molar-refractivity contribution in [3.05, 3.63) is 35.8 Å². The topological polar surface area (TPSA) is 9.23 Å². The number of hydrogen-bond acceptors (Lipinski definition) is 1. The molecule has 1 nitrogen and oxygen atoms in total. The van der Waals surface area contributed by atoms with Gasteiger partial charge in [-0.1, -0.05) is 18.9 Å². The second kappa shape index (κ2) is 7.10. The van der Waals surface area contributed by atoms with E-state index in [2.05, 4.69) is 6.42 Å². The molecule has 0 amide bonds. The van der Waals surface area contributed by atoms with Gasteiger partial charge < -0.3 is 11.2 Å². The number of aryl methyl sites for hydroxylation is 1. The van der Waals surface area contributed by atoms with Gasteiger partial charge in [0, 0.05) is 0 Å². The summed E-state index contributed by atoms with van der Waals surface area (Å²) in [6, 6.07) is 2.83. The third kappa shape index (κ3) is 3.48. The molecule has 1 fully saturated rings. The van der Waals surface area contributed by atoms with Crippen LogP contribution in [-0.2, 0) is 6.42 Å². The maximum Gasteiger partial charge on any atom is 1.00 e. The predicted octanol–water partition coefficient (Wildman–Crippen LogP) is 1.06. The summed E-state index contributed by atoms with van der Waals surface area (Å²) in [5.41, 5.74) is 0.799. The molecule has 98 valence electrons. The Hall–Kier alpha value is 0.685. The normalized spacial score (nSPS) is 23.2. The van der Waals surface area contributed by atoms with Crippen molar-refractivity contribution >= 4 is 0 Å². The average Bonchev–Trinajstić information content (AvgIpc) is 2.44. The summed E-state index contributed by atoms with van der Waals surface area (Å²) in [6.45, 7) is 0. The first-order valence-corrected chi connectivity index (χ1v) is 6.71. The van der Waals surface area contributed by atoms with Crippen LogP contribution in [-0.4, -0.2) is 6.10 Å². The molecule has 0 N–H and O–H groups in total. The van der Waals surface area contributed by atoms with Crippen molar-refractivity contribution in [2.45, 2.75) is 44.6 Å². The molecule has 3 rings (SSSR count). The Balaban J connectivity index is 0.00000133. The van der Waals surface area contributed by atoms with Gasteiger partial charge in [0.2, 0.25) is 5.82 Å². The monoisotopic (exact) mass is 336 g/mol. The van der Waals surface area contributed by atoms with Gasteiger partial charge in [0.25, 0.3) is 0 Å². The maximum absolute atomic E-state index is 13.7.